The first-order valence-corrected chi connectivity index (χ1v) is 5.06. The molecule has 2 rings (SSSR count). The molecule has 0 aromatic heterocycles. The molecule has 10 heavy (non-hydrogen) atoms. The third-order valence-electron chi connectivity index (χ3n) is 2.97. The monoisotopic (exact) mass is 206 g/mol. The molecular formula is C8H12BrF. The lowest BCUT2D eigenvalue weighted by Gasteiger charge is -2.55. The highest BCUT2D eigenvalue weighted by molar-refractivity contribution is 9.09. The molecule has 2 aliphatic carbocycles. The molecule has 0 saturated heterocycles. The van der Waals surface area contributed by atoms with Crippen molar-refractivity contribution < 1.29 is 4.39 Å². The summed E-state index contributed by atoms with van der Waals surface area (Å²) in [5.74, 6) is 0.854. The summed E-state index contributed by atoms with van der Waals surface area (Å²) >= 11 is 3.45. The second-order valence-corrected chi connectivity index (χ2v) is 4.58. The zero-order valence-electron chi connectivity index (χ0n) is 5.95. The molecule has 0 radical (unpaired) electrons. The molecule has 0 atom stereocenters. The van der Waals surface area contributed by atoms with Crippen molar-refractivity contribution in [3.8, 4) is 0 Å². The van der Waals surface area contributed by atoms with Crippen molar-refractivity contribution in [3.63, 3.8) is 0 Å². The molecule has 0 nitrogen and oxygen atoms in total. The zero-order valence-corrected chi connectivity index (χ0v) is 7.53. The smallest absolute Gasteiger partial charge is 0.101 e. The largest absolute Gasteiger partial charge is 0.247 e. The van der Waals surface area contributed by atoms with Crippen LogP contribution in [-0.2, 0) is 0 Å². The summed E-state index contributed by atoms with van der Waals surface area (Å²) in [6.45, 7) is 0. The Morgan fingerprint density at radius 1 is 1.30 bits per heavy atom. The molecule has 2 aliphatic rings. The second-order valence-electron chi connectivity index (χ2n) is 3.93. The van der Waals surface area contributed by atoms with Gasteiger partial charge in [0.1, 0.15) is 6.17 Å². The predicted molar refractivity (Wildman–Crippen MR) is 43.1 cm³/mol. The molecule has 2 heteroatoms. The number of hydrogen-bond donors (Lipinski definition) is 0. The third kappa shape index (κ3) is 0.919. The van der Waals surface area contributed by atoms with Gasteiger partial charge in [0, 0.05) is 5.33 Å². The number of hydrogen-bond acceptors (Lipinski definition) is 0. The molecule has 1 spiro atoms. The number of alkyl halides is 2. The van der Waals surface area contributed by atoms with Gasteiger partial charge in [0.05, 0.1) is 0 Å². The molecule has 0 N–H and O–H groups in total. The van der Waals surface area contributed by atoms with Crippen LogP contribution in [0, 0.1) is 11.3 Å². The minimum atomic E-state index is -0.462. The van der Waals surface area contributed by atoms with E-state index in [1.807, 2.05) is 0 Å². The van der Waals surface area contributed by atoms with Crippen LogP contribution in [0.25, 0.3) is 0 Å². The minimum Gasteiger partial charge on any atom is -0.247 e. The van der Waals surface area contributed by atoms with Crippen LogP contribution in [0.15, 0.2) is 0 Å². The molecule has 0 aliphatic heterocycles. The van der Waals surface area contributed by atoms with Crippen molar-refractivity contribution in [2.24, 2.45) is 11.3 Å². The first-order valence-electron chi connectivity index (χ1n) is 3.94. The first kappa shape index (κ1) is 7.08. The van der Waals surface area contributed by atoms with E-state index in [0.717, 1.165) is 24.1 Å². The highest BCUT2D eigenvalue weighted by Crippen LogP contribution is 2.59. The van der Waals surface area contributed by atoms with E-state index in [2.05, 4.69) is 15.9 Å². The number of halogens is 2. The van der Waals surface area contributed by atoms with Crippen LogP contribution in [0.2, 0.25) is 0 Å². The number of rotatable bonds is 1. The highest BCUT2D eigenvalue weighted by atomic mass is 79.9. The van der Waals surface area contributed by atoms with Crippen LogP contribution in [0.5, 0.6) is 0 Å². The predicted octanol–water partition coefficient (Wildman–Crippen LogP) is 2.91. The SMILES string of the molecule is FC1CC2(C1)CC(CBr)C2. The van der Waals surface area contributed by atoms with Gasteiger partial charge in [-0.1, -0.05) is 15.9 Å². The molecule has 0 aromatic carbocycles. The standard InChI is InChI=1S/C8H12BrF/c9-5-6-1-8(2-6)3-7(10)4-8/h6-7H,1-5H2. The average molecular weight is 207 g/mol. The molecule has 2 fully saturated rings. The quantitative estimate of drug-likeness (QED) is 0.580. The van der Waals surface area contributed by atoms with Crippen molar-refractivity contribution in [1.82, 2.24) is 0 Å². The van der Waals surface area contributed by atoms with Gasteiger partial charge in [0.2, 0.25) is 0 Å². The van der Waals surface area contributed by atoms with Crippen molar-refractivity contribution in [3.05, 3.63) is 0 Å². The molecule has 2 saturated carbocycles. The Morgan fingerprint density at radius 2 is 1.90 bits per heavy atom. The Kier molecular flexibility index (Phi) is 1.55. The van der Waals surface area contributed by atoms with E-state index in [1.54, 1.807) is 0 Å². The Hall–Kier alpha value is 0.410. The minimum absolute atomic E-state index is 0.462. The maximum Gasteiger partial charge on any atom is 0.101 e. The van der Waals surface area contributed by atoms with Gasteiger partial charge in [-0.3, -0.25) is 0 Å². The molecule has 0 bridgehead atoms. The fraction of sp³-hybridized carbons (Fsp3) is 1.00. The van der Waals surface area contributed by atoms with Gasteiger partial charge in [0.15, 0.2) is 0 Å². The maximum absolute atomic E-state index is 12.5. The summed E-state index contributed by atoms with van der Waals surface area (Å²) in [6, 6.07) is 0. The molecule has 0 unspecified atom stereocenters. The molecule has 0 amide bonds. The normalized spacial score (nSPS) is 52.2. The second kappa shape index (κ2) is 2.20. The zero-order chi connectivity index (χ0) is 7.19. The lowest BCUT2D eigenvalue weighted by molar-refractivity contribution is -0.0713. The maximum atomic E-state index is 12.5. The fourth-order valence-electron chi connectivity index (χ4n) is 2.49. The van der Waals surface area contributed by atoms with Gasteiger partial charge in [0.25, 0.3) is 0 Å². The van der Waals surface area contributed by atoms with Gasteiger partial charge in [-0.15, -0.1) is 0 Å². The third-order valence-corrected chi connectivity index (χ3v) is 3.89. The Balaban J connectivity index is 1.80. The van der Waals surface area contributed by atoms with E-state index >= 15 is 0 Å². The molecule has 58 valence electrons. The lowest BCUT2D eigenvalue weighted by Crippen LogP contribution is -2.48. The van der Waals surface area contributed by atoms with E-state index in [-0.39, 0.29) is 0 Å². The van der Waals surface area contributed by atoms with Crippen LogP contribution in [0.1, 0.15) is 25.7 Å². The van der Waals surface area contributed by atoms with Crippen molar-refractivity contribution in [1.29, 1.82) is 0 Å². The van der Waals surface area contributed by atoms with Crippen molar-refractivity contribution >= 4 is 15.9 Å². The van der Waals surface area contributed by atoms with Gasteiger partial charge in [-0.05, 0) is 37.0 Å². The first-order chi connectivity index (χ1) is 4.74. The Bertz CT molecular complexity index is 132. The summed E-state index contributed by atoms with van der Waals surface area (Å²) in [4.78, 5) is 0. The van der Waals surface area contributed by atoms with E-state index in [1.165, 1.54) is 12.8 Å². The van der Waals surface area contributed by atoms with Crippen molar-refractivity contribution in [2.45, 2.75) is 31.9 Å². The molecule has 0 aromatic rings. The summed E-state index contributed by atoms with van der Waals surface area (Å²) in [5, 5.41) is 1.12. The van der Waals surface area contributed by atoms with Crippen LogP contribution < -0.4 is 0 Å². The average Bonchev–Trinajstić information content (AvgIpc) is 1.74. The van der Waals surface area contributed by atoms with Crippen LogP contribution in [-0.4, -0.2) is 11.5 Å². The summed E-state index contributed by atoms with van der Waals surface area (Å²) in [7, 11) is 0. The Morgan fingerprint density at radius 3 is 2.30 bits per heavy atom. The lowest BCUT2D eigenvalue weighted by atomic mass is 9.51. The topological polar surface area (TPSA) is 0 Å². The summed E-state index contributed by atoms with van der Waals surface area (Å²) in [6.07, 6.45) is 3.81. The van der Waals surface area contributed by atoms with Gasteiger partial charge in [-0.25, -0.2) is 4.39 Å². The van der Waals surface area contributed by atoms with Crippen LogP contribution in [0.4, 0.5) is 4.39 Å². The van der Waals surface area contributed by atoms with Gasteiger partial charge >= 0.3 is 0 Å². The van der Waals surface area contributed by atoms with E-state index in [4.69, 9.17) is 0 Å². The molecule has 0 heterocycles. The van der Waals surface area contributed by atoms with Crippen molar-refractivity contribution in [2.75, 3.05) is 5.33 Å². The van der Waals surface area contributed by atoms with Crippen LogP contribution in [0.3, 0.4) is 0 Å². The van der Waals surface area contributed by atoms with Gasteiger partial charge in [-0.2, -0.15) is 0 Å². The summed E-state index contributed by atoms with van der Waals surface area (Å²) in [5.41, 5.74) is 0.484. The van der Waals surface area contributed by atoms with E-state index in [9.17, 15) is 4.39 Å². The van der Waals surface area contributed by atoms with Crippen LogP contribution >= 0.6 is 15.9 Å². The highest BCUT2D eigenvalue weighted by Gasteiger charge is 2.52. The Labute approximate surface area is 69.3 Å². The van der Waals surface area contributed by atoms with E-state index in [0.29, 0.717) is 5.41 Å². The molecular weight excluding hydrogens is 195 g/mol. The van der Waals surface area contributed by atoms with Gasteiger partial charge < -0.3 is 0 Å². The fourth-order valence-corrected chi connectivity index (χ4v) is 2.95. The summed E-state index contributed by atoms with van der Waals surface area (Å²) < 4.78 is 12.5. The van der Waals surface area contributed by atoms with E-state index < -0.39 is 6.17 Å².